The fourth-order valence-corrected chi connectivity index (χ4v) is 9.74. The van der Waals surface area contributed by atoms with Gasteiger partial charge in [-0.25, -0.2) is 8.78 Å². The van der Waals surface area contributed by atoms with Gasteiger partial charge in [0.15, 0.2) is 0 Å². The van der Waals surface area contributed by atoms with Gasteiger partial charge in [0.05, 0.1) is 16.6 Å². The van der Waals surface area contributed by atoms with E-state index in [-0.39, 0.29) is 11.5 Å². The molecular weight excluding hydrogens is 791 g/mol. The van der Waals surface area contributed by atoms with E-state index in [2.05, 4.69) is 124 Å². The highest BCUT2D eigenvalue weighted by Crippen LogP contribution is 2.46. The average Bonchev–Trinajstić information content (AvgIpc) is 3.56. The van der Waals surface area contributed by atoms with Crippen LogP contribution in [0.3, 0.4) is 0 Å². The summed E-state index contributed by atoms with van der Waals surface area (Å²) >= 11 is 2.14. The molecule has 0 aliphatic heterocycles. The van der Waals surface area contributed by atoms with Crippen LogP contribution in [0.2, 0.25) is 0 Å². The molecule has 1 aliphatic carbocycles. The molecule has 0 fully saturated rings. The molecule has 0 amide bonds. The van der Waals surface area contributed by atoms with E-state index in [0.29, 0.717) is 31.4 Å². The van der Waals surface area contributed by atoms with Crippen LogP contribution in [0.25, 0.3) is 72.0 Å². The van der Waals surface area contributed by atoms with Crippen molar-refractivity contribution in [3.05, 3.63) is 207 Å². The summed E-state index contributed by atoms with van der Waals surface area (Å²) in [5.41, 5.74) is 13.2. The van der Waals surface area contributed by atoms with Crippen LogP contribution >= 0.6 is 22.6 Å². The van der Waals surface area contributed by atoms with E-state index in [1.54, 1.807) is 0 Å². The molecular formula is C51H34F2IN. The molecule has 0 bridgehead atoms. The Bertz CT molecular complexity index is 2870. The third-order valence-corrected chi connectivity index (χ3v) is 12.4. The summed E-state index contributed by atoms with van der Waals surface area (Å²) in [6.45, 7) is 2.01. The van der Waals surface area contributed by atoms with Crippen LogP contribution in [0.15, 0.2) is 170 Å². The van der Waals surface area contributed by atoms with E-state index in [4.69, 9.17) is 0 Å². The van der Waals surface area contributed by atoms with Gasteiger partial charge in [0.25, 0.3) is 0 Å². The number of hydrogen-bond donors (Lipinski definition) is 0. The Morgan fingerprint density at radius 1 is 0.509 bits per heavy atom. The molecule has 0 N–H and O–H groups in total. The Morgan fingerprint density at radius 3 is 1.64 bits per heavy atom. The predicted octanol–water partition coefficient (Wildman–Crippen LogP) is 14.3. The maximum atomic E-state index is 17.3. The third-order valence-electron chi connectivity index (χ3n) is 11.3. The molecule has 10 rings (SSSR count). The summed E-state index contributed by atoms with van der Waals surface area (Å²) in [6, 6.07) is 57.6. The number of aromatic nitrogens is 1. The fraction of sp³-hybridized carbons (Fsp3) is 0.0588. The molecule has 0 spiro atoms. The minimum atomic E-state index is -0.563. The minimum Gasteiger partial charge on any atom is -0.309 e. The number of benzene rings is 8. The lowest BCUT2D eigenvalue weighted by atomic mass is 9.75. The molecule has 55 heavy (non-hydrogen) atoms. The normalized spacial score (nSPS) is 13.6. The topological polar surface area (TPSA) is 4.93 Å². The van der Waals surface area contributed by atoms with Crippen molar-refractivity contribution in [2.75, 3.05) is 0 Å². The first-order valence-corrected chi connectivity index (χ1v) is 19.7. The summed E-state index contributed by atoms with van der Waals surface area (Å²) < 4.78 is 37.1. The molecule has 0 saturated heterocycles. The monoisotopic (exact) mass is 825 g/mol. The van der Waals surface area contributed by atoms with Gasteiger partial charge in [0.1, 0.15) is 11.6 Å². The second kappa shape index (κ2) is 13.5. The fourth-order valence-electron chi connectivity index (χ4n) is 8.64. The molecule has 1 heterocycles. The van der Waals surface area contributed by atoms with Crippen molar-refractivity contribution < 1.29 is 8.78 Å². The van der Waals surface area contributed by atoms with Crippen molar-refractivity contribution in [3.8, 4) is 50.2 Å². The van der Waals surface area contributed by atoms with E-state index in [1.807, 2.05) is 79.7 Å². The minimum absolute atomic E-state index is 0.0262. The first-order chi connectivity index (χ1) is 27.0. The maximum Gasteiger partial charge on any atom is 0.142 e. The van der Waals surface area contributed by atoms with Crippen LogP contribution in [-0.4, -0.2) is 4.57 Å². The Labute approximate surface area is 332 Å². The van der Waals surface area contributed by atoms with E-state index in [9.17, 15) is 0 Å². The number of nitrogens with zero attached hydrogens (tertiary/aromatic N) is 1. The van der Waals surface area contributed by atoms with Crippen molar-refractivity contribution in [3.63, 3.8) is 0 Å². The van der Waals surface area contributed by atoms with Crippen LogP contribution in [0, 0.1) is 22.1 Å². The lowest BCUT2D eigenvalue weighted by molar-refractivity contribution is 0.592. The standard InChI is InChI=1S/C51H34F2IN/c1-31-18-20-34(21-19-31)47-49(52)46(33-26-28-37(29-27-33)55-44-16-8-6-14-41(44)42-15-7-9-17-45(42)55)50(53)48(51(47)54)35-24-22-32(23-25-35)43-30-36-10-2-3-11-38(36)39-12-4-5-13-40(39)43/h2-29,43H,30H2,1H3. The zero-order valence-corrected chi connectivity index (χ0v) is 32.2. The molecule has 1 unspecified atom stereocenters. The Kier molecular flexibility index (Phi) is 8.25. The summed E-state index contributed by atoms with van der Waals surface area (Å²) in [5, 5.41) is 2.32. The second-order valence-electron chi connectivity index (χ2n) is 14.5. The van der Waals surface area contributed by atoms with Gasteiger partial charge in [0, 0.05) is 37.1 Å². The van der Waals surface area contributed by atoms with Crippen LogP contribution in [-0.2, 0) is 6.42 Å². The highest BCUT2D eigenvalue weighted by Gasteiger charge is 2.28. The van der Waals surface area contributed by atoms with E-state index < -0.39 is 11.6 Å². The molecule has 1 aliphatic rings. The van der Waals surface area contributed by atoms with Gasteiger partial charge in [-0.3, -0.25) is 0 Å². The lowest BCUT2D eigenvalue weighted by Gasteiger charge is -2.28. The molecule has 0 radical (unpaired) electrons. The van der Waals surface area contributed by atoms with Crippen molar-refractivity contribution >= 4 is 44.4 Å². The number of halogens is 3. The molecule has 264 valence electrons. The molecule has 9 aromatic rings. The molecule has 1 nitrogen and oxygen atoms in total. The van der Waals surface area contributed by atoms with Crippen LogP contribution < -0.4 is 0 Å². The Morgan fingerprint density at radius 2 is 1.00 bits per heavy atom. The number of fused-ring (bicyclic) bond motifs is 6. The quantitative estimate of drug-likeness (QED) is 0.152. The van der Waals surface area contributed by atoms with Gasteiger partial charge in [-0.15, -0.1) is 0 Å². The average molecular weight is 826 g/mol. The van der Waals surface area contributed by atoms with Gasteiger partial charge in [-0.2, -0.15) is 0 Å². The van der Waals surface area contributed by atoms with E-state index in [0.717, 1.165) is 39.5 Å². The zero-order chi connectivity index (χ0) is 37.2. The van der Waals surface area contributed by atoms with Gasteiger partial charge < -0.3 is 4.57 Å². The number of para-hydroxylation sites is 2. The Hall–Kier alpha value is -5.85. The Balaban J connectivity index is 1.10. The number of rotatable bonds is 5. The first-order valence-electron chi connectivity index (χ1n) is 18.6. The third kappa shape index (κ3) is 5.53. The summed E-state index contributed by atoms with van der Waals surface area (Å²) in [5.74, 6) is -0.954. The SMILES string of the molecule is Cc1ccc(-c2c(F)c(-c3ccc(-n4c5ccccc5c5ccccc54)cc3)c(F)c(-c3ccc(C4Cc5ccccc5-c5ccccc54)cc3)c2I)cc1. The van der Waals surface area contributed by atoms with Crippen molar-refractivity contribution in [1.29, 1.82) is 0 Å². The highest BCUT2D eigenvalue weighted by atomic mass is 127. The zero-order valence-electron chi connectivity index (χ0n) is 30.0. The van der Waals surface area contributed by atoms with Crippen molar-refractivity contribution in [1.82, 2.24) is 4.57 Å². The predicted molar refractivity (Wildman–Crippen MR) is 232 cm³/mol. The number of hydrogen-bond acceptors (Lipinski definition) is 0. The largest absolute Gasteiger partial charge is 0.309 e. The molecule has 4 heteroatoms. The van der Waals surface area contributed by atoms with Crippen molar-refractivity contribution in [2.45, 2.75) is 19.3 Å². The number of aryl methyl sites for hydroxylation is 1. The maximum absolute atomic E-state index is 17.3. The lowest BCUT2D eigenvalue weighted by Crippen LogP contribution is -2.12. The summed E-state index contributed by atoms with van der Waals surface area (Å²) in [6.07, 6.45) is 0.890. The van der Waals surface area contributed by atoms with Crippen LogP contribution in [0.4, 0.5) is 8.78 Å². The van der Waals surface area contributed by atoms with Crippen molar-refractivity contribution in [2.24, 2.45) is 0 Å². The summed E-state index contributed by atoms with van der Waals surface area (Å²) in [7, 11) is 0. The van der Waals surface area contributed by atoms with E-state index >= 15 is 8.78 Å². The van der Waals surface area contributed by atoms with Gasteiger partial charge in [-0.1, -0.05) is 151 Å². The molecule has 1 atom stereocenters. The van der Waals surface area contributed by atoms with E-state index in [1.165, 1.54) is 27.8 Å². The van der Waals surface area contributed by atoms with Gasteiger partial charge >= 0.3 is 0 Å². The molecule has 8 aromatic carbocycles. The molecule has 1 aromatic heterocycles. The van der Waals surface area contributed by atoms with Gasteiger partial charge in [0.2, 0.25) is 0 Å². The molecule has 0 saturated carbocycles. The smallest absolute Gasteiger partial charge is 0.142 e. The summed E-state index contributed by atoms with van der Waals surface area (Å²) in [4.78, 5) is 0. The highest BCUT2D eigenvalue weighted by molar-refractivity contribution is 14.1. The van der Waals surface area contributed by atoms with Crippen LogP contribution in [0.5, 0.6) is 0 Å². The first kappa shape index (κ1) is 33.7. The van der Waals surface area contributed by atoms with Crippen LogP contribution in [0.1, 0.15) is 28.2 Å². The van der Waals surface area contributed by atoms with Gasteiger partial charge in [-0.05, 0) is 105 Å². The second-order valence-corrected chi connectivity index (χ2v) is 15.6.